The van der Waals surface area contributed by atoms with Gasteiger partial charge in [0.05, 0.1) is 0 Å². The highest BCUT2D eigenvalue weighted by atomic mass is 16.6. The molecule has 1 heterocycles. The molecule has 1 aliphatic rings. The van der Waals surface area contributed by atoms with Crippen molar-refractivity contribution >= 4 is 12.0 Å². The topological polar surface area (TPSA) is 93.4 Å². The summed E-state index contributed by atoms with van der Waals surface area (Å²) in [6.45, 7) is 0. The number of carbonyl (C=O) groups excluding carboxylic acids is 2. The van der Waals surface area contributed by atoms with Crippen LogP contribution in [0.15, 0.2) is 0 Å². The lowest BCUT2D eigenvalue weighted by Gasteiger charge is -2.22. The quantitative estimate of drug-likeness (QED) is 0.275. The van der Waals surface area contributed by atoms with Gasteiger partial charge in [0.25, 0.3) is 0 Å². The Balaban J connectivity index is 2.32. The minimum Gasteiger partial charge on any atom is -0.425 e. The average molecular weight is 173 g/mol. The third kappa shape index (κ3) is 2.39. The molecule has 6 heteroatoms. The fourth-order valence-electron chi connectivity index (χ4n) is 1.02. The number of ether oxygens (including phenoxy) is 1. The number of hydrogen-bond acceptors (Lipinski definition) is 4. The van der Waals surface area contributed by atoms with Crippen molar-refractivity contribution < 1.29 is 14.3 Å². The average Bonchev–Trinajstić information content (AvgIpc) is 2.04. The first kappa shape index (κ1) is 8.79. The van der Waals surface area contributed by atoms with Crippen molar-refractivity contribution in [2.45, 2.75) is 25.5 Å². The molecule has 12 heavy (non-hydrogen) atoms. The number of rotatable bonds is 1. The van der Waals surface area contributed by atoms with Gasteiger partial charge in [-0.05, 0) is 6.42 Å². The molecule has 0 aromatic heterocycles. The van der Waals surface area contributed by atoms with Gasteiger partial charge in [-0.2, -0.15) is 0 Å². The first-order valence-corrected chi connectivity index (χ1v) is 3.69. The zero-order chi connectivity index (χ0) is 8.97. The molecule has 1 rings (SSSR count). The molecule has 1 saturated heterocycles. The Labute approximate surface area is 69.4 Å². The molecule has 6 nitrogen and oxygen atoms in total. The molecule has 1 unspecified atom stereocenters. The van der Waals surface area contributed by atoms with Crippen LogP contribution in [0.25, 0.3) is 0 Å². The van der Waals surface area contributed by atoms with Gasteiger partial charge in [-0.1, -0.05) is 0 Å². The fourth-order valence-corrected chi connectivity index (χ4v) is 1.02. The van der Waals surface area contributed by atoms with E-state index in [1.54, 1.807) is 0 Å². The molecule has 0 aromatic rings. The highest BCUT2D eigenvalue weighted by molar-refractivity contribution is 5.77. The molecule has 0 aromatic carbocycles. The van der Waals surface area contributed by atoms with Crippen molar-refractivity contribution in [3.05, 3.63) is 0 Å². The van der Waals surface area contributed by atoms with Crippen LogP contribution in [0, 0.1) is 0 Å². The number of amides is 2. The fraction of sp³-hybridized carbons (Fsp3) is 0.667. The highest BCUT2D eigenvalue weighted by Gasteiger charge is 2.20. The van der Waals surface area contributed by atoms with Crippen LogP contribution >= 0.6 is 0 Å². The summed E-state index contributed by atoms with van der Waals surface area (Å²) < 4.78 is 4.70. The molecule has 0 bridgehead atoms. The predicted molar refractivity (Wildman–Crippen MR) is 39.6 cm³/mol. The third-order valence-corrected chi connectivity index (χ3v) is 1.56. The molecule has 68 valence electrons. The molecule has 0 radical (unpaired) electrons. The van der Waals surface area contributed by atoms with Crippen LogP contribution in [-0.4, -0.2) is 18.2 Å². The molecule has 1 aliphatic heterocycles. The highest BCUT2D eigenvalue weighted by Crippen LogP contribution is 2.08. The Kier molecular flexibility index (Phi) is 2.87. The maximum atomic E-state index is 10.8. The monoisotopic (exact) mass is 173 g/mol. The number of hydrogen-bond donors (Lipinski definition) is 3. The van der Waals surface area contributed by atoms with Gasteiger partial charge < -0.3 is 10.1 Å². The SMILES string of the molecule is NNC(=O)OC1CCCC(=O)N1. The predicted octanol–water partition coefficient (Wildman–Crippen LogP) is -0.788. The van der Waals surface area contributed by atoms with E-state index < -0.39 is 12.3 Å². The van der Waals surface area contributed by atoms with Crippen molar-refractivity contribution in [3.63, 3.8) is 0 Å². The Morgan fingerprint density at radius 1 is 1.75 bits per heavy atom. The second-order valence-electron chi connectivity index (χ2n) is 2.50. The number of piperidine rings is 1. The molecule has 0 spiro atoms. The Bertz CT molecular complexity index is 194. The normalized spacial score (nSPS) is 22.8. The minimum absolute atomic E-state index is 0.101. The minimum atomic E-state index is -0.734. The summed E-state index contributed by atoms with van der Waals surface area (Å²) in [7, 11) is 0. The van der Waals surface area contributed by atoms with E-state index in [1.807, 2.05) is 5.43 Å². The van der Waals surface area contributed by atoms with E-state index >= 15 is 0 Å². The summed E-state index contributed by atoms with van der Waals surface area (Å²) in [6.07, 6.45) is 0.592. The number of hydrazine groups is 1. The van der Waals surface area contributed by atoms with E-state index in [9.17, 15) is 9.59 Å². The summed E-state index contributed by atoms with van der Waals surface area (Å²) in [5.41, 5.74) is 1.81. The van der Waals surface area contributed by atoms with Crippen molar-refractivity contribution in [1.82, 2.24) is 10.7 Å². The molecule has 2 amide bonds. The van der Waals surface area contributed by atoms with Crippen molar-refractivity contribution in [1.29, 1.82) is 0 Å². The van der Waals surface area contributed by atoms with Crippen molar-refractivity contribution in [2.24, 2.45) is 5.84 Å². The Hall–Kier alpha value is -1.30. The van der Waals surface area contributed by atoms with E-state index in [4.69, 9.17) is 10.6 Å². The lowest BCUT2D eigenvalue weighted by atomic mass is 10.1. The Morgan fingerprint density at radius 3 is 3.08 bits per heavy atom. The molecular weight excluding hydrogens is 162 g/mol. The summed E-state index contributed by atoms with van der Waals surface area (Å²) >= 11 is 0. The van der Waals surface area contributed by atoms with Gasteiger partial charge in [-0.3, -0.25) is 10.2 Å². The van der Waals surface area contributed by atoms with Crippen molar-refractivity contribution in [2.75, 3.05) is 0 Å². The van der Waals surface area contributed by atoms with Crippen LogP contribution < -0.4 is 16.6 Å². The molecule has 1 fully saturated rings. The molecular formula is C6H11N3O3. The molecule has 0 saturated carbocycles. The number of nitrogens with two attached hydrogens (primary N) is 1. The van der Waals surface area contributed by atoms with Gasteiger partial charge in [0, 0.05) is 12.8 Å². The summed E-state index contributed by atoms with van der Waals surface area (Å²) in [6, 6.07) is 0. The van der Waals surface area contributed by atoms with Crippen LogP contribution in [-0.2, 0) is 9.53 Å². The van der Waals surface area contributed by atoms with E-state index in [-0.39, 0.29) is 5.91 Å². The second kappa shape index (κ2) is 3.91. The smallest absolute Gasteiger partial charge is 0.423 e. The van der Waals surface area contributed by atoms with Gasteiger partial charge in [0.1, 0.15) is 0 Å². The molecule has 0 aliphatic carbocycles. The van der Waals surface area contributed by atoms with Crippen LogP contribution in [0.3, 0.4) is 0 Å². The molecule has 4 N–H and O–H groups in total. The molecule has 1 atom stereocenters. The van der Waals surface area contributed by atoms with Crippen LogP contribution in [0.5, 0.6) is 0 Å². The lowest BCUT2D eigenvalue weighted by molar-refractivity contribution is -0.126. The van der Waals surface area contributed by atoms with E-state index in [2.05, 4.69) is 5.32 Å². The second-order valence-corrected chi connectivity index (χ2v) is 2.50. The maximum absolute atomic E-state index is 10.8. The van der Waals surface area contributed by atoms with Gasteiger partial charge in [-0.25, -0.2) is 10.6 Å². The first-order chi connectivity index (χ1) is 5.72. The van der Waals surface area contributed by atoms with Crippen LogP contribution in [0.2, 0.25) is 0 Å². The summed E-state index contributed by atoms with van der Waals surface area (Å²) in [5.74, 6) is 4.69. The van der Waals surface area contributed by atoms with Gasteiger partial charge in [-0.15, -0.1) is 0 Å². The van der Waals surface area contributed by atoms with E-state index in [0.29, 0.717) is 12.8 Å². The largest absolute Gasteiger partial charge is 0.425 e. The Morgan fingerprint density at radius 2 is 2.50 bits per heavy atom. The van der Waals surface area contributed by atoms with Gasteiger partial charge >= 0.3 is 6.09 Å². The standard InChI is InChI=1S/C6H11N3O3/c7-9-6(11)12-5-3-1-2-4(10)8-5/h5H,1-3,7H2,(H,8,10)(H,9,11). The number of nitrogens with one attached hydrogen (secondary N) is 2. The zero-order valence-corrected chi connectivity index (χ0v) is 6.50. The summed E-state index contributed by atoms with van der Waals surface area (Å²) in [5, 5.41) is 2.50. The van der Waals surface area contributed by atoms with Gasteiger partial charge in [0.2, 0.25) is 5.91 Å². The summed E-state index contributed by atoms with van der Waals surface area (Å²) in [4.78, 5) is 21.4. The lowest BCUT2D eigenvalue weighted by Crippen LogP contribution is -2.44. The maximum Gasteiger partial charge on any atom is 0.423 e. The van der Waals surface area contributed by atoms with Gasteiger partial charge in [0.15, 0.2) is 6.23 Å². The van der Waals surface area contributed by atoms with E-state index in [0.717, 1.165) is 6.42 Å². The first-order valence-electron chi connectivity index (χ1n) is 3.69. The number of carbonyl (C=O) groups is 2. The van der Waals surface area contributed by atoms with Crippen LogP contribution in [0.4, 0.5) is 4.79 Å². The van der Waals surface area contributed by atoms with Crippen LogP contribution in [0.1, 0.15) is 19.3 Å². The van der Waals surface area contributed by atoms with E-state index in [1.165, 1.54) is 0 Å². The van der Waals surface area contributed by atoms with Crippen molar-refractivity contribution in [3.8, 4) is 0 Å². The third-order valence-electron chi connectivity index (χ3n) is 1.56. The zero-order valence-electron chi connectivity index (χ0n) is 6.50.